The zero-order valence-corrected chi connectivity index (χ0v) is 6.75. The number of benzene rings is 1. The van der Waals surface area contributed by atoms with Crippen LogP contribution < -0.4 is 0 Å². The molecule has 0 fully saturated rings. The molecule has 2 aliphatic rings. The van der Waals surface area contributed by atoms with Gasteiger partial charge in [0, 0.05) is 24.8 Å². The van der Waals surface area contributed by atoms with E-state index in [1.807, 2.05) is 6.20 Å². The molecule has 1 nitrogen and oxygen atoms in total. The number of nitrogens with zero attached hydrogens (tertiary/aromatic N) is 1. The maximum Gasteiger partial charge on any atom is 0.0309 e. The molecule has 58 valence electrons. The number of hydrogen-bond acceptors (Lipinski definition) is 1. The minimum Gasteiger partial charge on any atom is -0.265 e. The summed E-state index contributed by atoms with van der Waals surface area (Å²) in [7, 11) is 0. The van der Waals surface area contributed by atoms with E-state index in [1.165, 1.54) is 22.4 Å². The zero-order chi connectivity index (χ0) is 7.97. The lowest BCUT2D eigenvalue weighted by Crippen LogP contribution is -2.08. The predicted octanol–water partition coefficient (Wildman–Crippen LogP) is 2.43. The van der Waals surface area contributed by atoms with Crippen LogP contribution in [0, 0.1) is 0 Å². The normalized spacial score (nSPS) is 18.3. The number of allylic oxidation sites excluding steroid dienone is 1. The molecule has 0 amide bonds. The summed E-state index contributed by atoms with van der Waals surface area (Å²) >= 11 is 0. The van der Waals surface area contributed by atoms with Gasteiger partial charge in [-0.25, -0.2) is 0 Å². The average Bonchev–Trinajstić information content (AvgIpc) is 2.49. The van der Waals surface area contributed by atoms with Gasteiger partial charge in [-0.05, 0) is 16.7 Å². The van der Waals surface area contributed by atoms with E-state index in [0.717, 1.165) is 12.8 Å². The van der Waals surface area contributed by atoms with Crippen molar-refractivity contribution in [2.45, 2.75) is 12.8 Å². The van der Waals surface area contributed by atoms with Crippen molar-refractivity contribution in [2.24, 2.45) is 4.99 Å². The molecule has 0 radical (unpaired) electrons. The van der Waals surface area contributed by atoms with Gasteiger partial charge in [-0.3, -0.25) is 4.99 Å². The van der Waals surface area contributed by atoms with Gasteiger partial charge in [0.25, 0.3) is 0 Å². The summed E-state index contributed by atoms with van der Waals surface area (Å²) in [4.78, 5) is 4.37. The standard InChI is InChI=1S/C11H9N/c1-2-4-11-8(3-1)5-10-6-9(11)7-12-10/h1-4,7H,5-6H2. The number of fused-ring (bicyclic) bond motifs is 4. The van der Waals surface area contributed by atoms with E-state index in [2.05, 4.69) is 29.3 Å². The van der Waals surface area contributed by atoms with Crippen LogP contribution in [0.15, 0.2) is 35.5 Å². The summed E-state index contributed by atoms with van der Waals surface area (Å²) < 4.78 is 0. The summed E-state index contributed by atoms with van der Waals surface area (Å²) in [5, 5.41) is 0. The molecular formula is C11H9N. The predicted molar refractivity (Wildman–Crippen MR) is 50.2 cm³/mol. The van der Waals surface area contributed by atoms with Crippen molar-refractivity contribution >= 4 is 11.3 Å². The Balaban J connectivity index is 2.27. The van der Waals surface area contributed by atoms with Gasteiger partial charge in [0.05, 0.1) is 0 Å². The first-order valence-corrected chi connectivity index (χ1v) is 4.26. The molecule has 12 heavy (non-hydrogen) atoms. The van der Waals surface area contributed by atoms with Gasteiger partial charge in [0.15, 0.2) is 0 Å². The van der Waals surface area contributed by atoms with Crippen LogP contribution >= 0.6 is 0 Å². The first kappa shape index (κ1) is 6.18. The molecule has 0 N–H and O–H groups in total. The van der Waals surface area contributed by atoms with Crippen LogP contribution in [0.1, 0.15) is 17.5 Å². The summed E-state index contributed by atoms with van der Waals surface area (Å²) in [6, 6.07) is 8.59. The van der Waals surface area contributed by atoms with Gasteiger partial charge in [0.1, 0.15) is 0 Å². The van der Waals surface area contributed by atoms with Gasteiger partial charge in [-0.2, -0.15) is 0 Å². The van der Waals surface area contributed by atoms with Crippen LogP contribution in [0.2, 0.25) is 0 Å². The number of aliphatic imine (C=N–C) groups is 1. The van der Waals surface area contributed by atoms with Crippen LogP contribution in [0.4, 0.5) is 0 Å². The molecular weight excluding hydrogens is 146 g/mol. The highest BCUT2D eigenvalue weighted by Gasteiger charge is 2.20. The van der Waals surface area contributed by atoms with E-state index in [-0.39, 0.29) is 0 Å². The number of rotatable bonds is 0. The average molecular weight is 155 g/mol. The molecule has 1 aliphatic carbocycles. The Morgan fingerprint density at radius 2 is 2.00 bits per heavy atom. The fourth-order valence-corrected chi connectivity index (χ4v) is 1.96. The van der Waals surface area contributed by atoms with Crippen molar-refractivity contribution in [3.63, 3.8) is 0 Å². The first-order chi connectivity index (χ1) is 5.93. The Morgan fingerprint density at radius 3 is 3.00 bits per heavy atom. The monoisotopic (exact) mass is 155 g/mol. The van der Waals surface area contributed by atoms with Crippen molar-refractivity contribution in [3.8, 4) is 0 Å². The summed E-state index contributed by atoms with van der Waals surface area (Å²) in [5.41, 5.74) is 5.56. The van der Waals surface area contributed by atoms with E-state index < -0.39 is 0 Å². The van der Waals surface area contributed by atoms with Gasteiger partial charge in [-0.15, -0.1) is 0 Å². The molecule has 0 spiro atoms. The third-order valence-electron chi connectivity index (χ3n) is 2.56. The Morgan fingerprint density at radius 1 is 1.08 bits per heavy atom. The SMILES string of the molecule is C1=C2CC(=N1)Cc1ccccc12. The van der Waals surface area contributed by atoms with Gasteiger partial charge in [-0.1, -0.05) is 24.3 Å². The van der Waals surface area contributed by atoms with E-state index in [4.69, 9.17) is 0 Å². The molecule has 1 aliphatic heterocycles. The maximum absolute atomic E-state index is 4.37. The van der Waals surface area contributed by atoms with E-state index in [9.17, 15) is 0 Å². The summed E-state index contributed by atoms with van der Waals surface area (Å²) in [6.45, 7) is 0. The Labute approximate surface area is 71.5 Å². The Bertz CT molecular complexity index is 399. The second kappa shape index (κ2) is 2.07. The van der Waals surface area contributed by atoms with Crippen LogP contribution in [0.3, 0.4) is 0 Å². The van der Waals surface area contributed by atoms with Gasteiger partial charge in [0.2, 0.25) is 0 Å². The van der Waals surface area contributed by atoms with Crippen molar-refractivity contribution < 1.29 is 0 Å². The minimum atomic E-state index is 1.05. The smallest absolute Gasteiger partial charge is 0.0309 e. The quantitative estimate of drug-likeness (QED) is 0.545. The molecule has 1 heterocycles. The second-order valence-electron chi connectivity index (χ2n) is 3.36. The third-order valence-corrected chi connectivity index (χ3v) is 2.56. The Kier molecular flexibility index (Phi) is 1.06. The topological polar surface area (TPSA) is 12.4 Å². The summed E-state index contributed by atoms with van der Waals surface area (Å²) in [6.07, 6.45) is 4.15. The van der Waals surface area contributed by atoms with Crippen LogP contribution in [0.25, 0.3) is 5.57 Å². The molecule has 1 heteroatoms. The fraction of sp³-hybridized carbons (Fsp3) is 0.182. The maximum atomic E-state index is 4.37. The fourth-order valence-electron chi connectivity index (χ4n) is 1.96. The van der Waals surface area contributed by atoms with Crippen LogP contribution in [-0.2, 0) is 6.42 Å². The van der Waals surface area contributed by atoms with E-state index >= 15 is 0 Å². The lowest BCUT2D eigenvalue weighted by Gasteiger charge is -2.15. The molecule has 1 aromatic rings. The number of hydrogen-bond donors (Lipinski definition) is 0. The van der Waals surface area contributed by atoms with Crippen LogP contribution in [-0.4, -0.2) is 5.71 Å². The van der Waals surface area contributed by atoms with E-state index in [0.29, 0.717) is 0 Å². The van der Waals surface area contributed by atoms with Crippen molar-refractivity contribution in [1.82, 2.24) is 0 Å². The summed E-state index contributed by atoms with van der Waals surface area (Å²) in [5.74, 6) is 0. The lowest BCUT2D eigenvalue weighted by atomic mass is 9.88. The highest BCUT2D eigenvalue weighted by molar-refractivity contribution is 6.03. The second-order valence-corrected chi connectivity index (χ2v) is 3.36. The van der Waals surface area contributed by atoms with E-state index in [1.54, 1.807) is 0 Å². The van der Waals surface area contributed by atoms with Gasteiger partial charge < -0.3 is 0 Å². The third kappa shape index (κ3) is 0.708. The lowest BCUT2D eigenvalue weighted by molar-refractivity contribution is 1.22. The van der Waals surface area contributed by atoms with Gasteiger partial charge >= 0.3 is 0 Å². The molecule has 0 saturated carbocycles. The van der Waals surface area contributed by atoms with Crippen molar-refractivity contribution in [3.05, 3.63) is 41.6 Å². The van der Waals surface area contributed by atoms with Crippen molar-refractivity contribution in [1.29, 1.82) is 0 Å². The molecule has 0 unspecified atom stereocenters. The molecule has 2 bridgehead atoms. The first-order valence-electron chi connectivity index (χ1n) is 4.26. The molecule has 0 atom stereocenters. The minimum absolute atomic E-state index is 1.05. The molecule has 0 aromatic heterocycles. The largest absolute Gasteiger partial charge is 0.265 e. The molecule has 3 rings (SSSR count). The molecule has 1 aromatic carbocycles. The molecule has 0 saturated heterocycles. The highest BCUT2D eigenvalue weighted by Crippen LogP contribution is 2.32. The zero-order valence-electron chi connectivity index (χ0n) is 6.75. The van der Waals surface area contributed by atoms with Crippen LogP contribution in [0.5, 0.6) is 0 Å². The Hall–Kier alpha value is -1.37. The highest BCUT2D eigenvalue weighted by atomic mass is 14.7. The van der Waals surface area contributed by atoms with Crippen molar-refractivity contribution in [2.75, 3.05) is 0 Å².